The zero-order valence-corrected chi connectivity index (χ0v) is 21.0. The number of hydrogen-bond donors (Lipinski definition) is 1. The minimum Gasteiger partial charge on any atom is -0.367 e. The molecule has 33 heavy (non-hydrogen) atoms. The summed E-state index contributed by atoms with van der Waals surface area (Å²) < 4.78 is 41.5. The molecule has 1 aliphatic heterocycles. The van der Waals surface area contributed by atoms with E-state index in [0.717, 1.165) is 18.1 Å². The highest BCUT2D eigenvalue weighted by atomic mass is 35.5. The van der Waals surface area contributed by atoms with Crippen LogP contribution in [0.3, 0.4) is 0 Å². The maximum Gasteiger partial charge on any atom is 0.418 e. The molecule has 7 heteroatoms. The van der Waals surface area contributed by atoms with Gasteiger partial charge in [-0.15, -0.1) is 0 Å². The SMILES string of the molecule is CCC.Cc1ccc2c(c1)CCN(c1cc(Cl)c(NC(=O)CC(C)(C)C)c(C(F)(F)F)c1)C2. The van der Waals surface area contributed by atoms with Gasteiger partial charge < -0.3 is 10.2 Å². The number of rotatable bonds is 3. The van der Waals surface area contributed by atoms with E-state index in [1.165, 1.54) is 23.6 Å². The molecule has 0 saturated heterocycles. The molecule has 2 aromatic rings. The predicted octanol–water partition coefficient (Wildman–Crippen LogP) is 8.02. The molecule has 1 aliphatic rings. The molecule has 0 atom stereocenters. The van der Waals surface area contributed by atoms with Gasteiger partial charge in [-0.25, -0.2) is 0 Å². The maximum atomic E-state index is 13.8. The molecular formula is C26H34ClF3N2O. The molecule has 1 heterocycles. The Bertz CT molecular complexity index is 981. The third-order valence-corrected chi connectivity index (χ3v) is 5.37. The first-order valence-corrected chi connectivity index (χ1v) is 11.7. The van der Waals surface area contributed by atoms with E-state index in [1.54, 1.807) is 0 Å². The number of nitrogens with zero attached hydrogens (tertiary/aromatic N) is 1. The fraction of sp³-hybridized carbons (Fsp3) is 0.500. The Morgan fingerprint density at radius 3 is 2.30 bits per heavy atom. The van der Waals surface area contributed by atoms with Crippen molar-refractivity contribution in [3.63, 3.8) is 0 Å². The van der Waals surface area contributed by atoms with Gasteiger partial charge in [-0.2, -0.15) is 13.2 Å². The van der Waals surface area contributed by atoms with Gasteiger partial charge in [-0.1, -0.05) is 76.4 Å². The molecule has 2 aromatic carbocycles. The van der Waals surface area contributed by atoms with E-state index < -0.39 is 17.6 Å². The van der Waals surface area contributed by atoms with Crippen LogP contribution in [0.25, 0.3) is 0 Å². The summed E-state index contributed by atoms with van der Waals surface area (Å²) in [5, 5.41) is 2.27. The highest BCUT2D eigenvalue weighted by Gasteiger charge is 2.36. The topological polar surface area (TPSA) is 32.3 Å². The van der Waals surface area contributed by atoms with Gasteiger partial charge in [0.2, 0.25) is 5.91 Å². The standard InChI is InChI=1S/C23H26ClF3N2O.C3H8/c1-14-5-6-16-13-29(8-7-15(16)9-14)17-10-18(23(25,26)27)21(19(24)11-17)28-20(30)12-22(2,3)4;1-3-2/h5-6,9-11H,7-8,12-13H2,1-4H3,(H,28,30);3H2,1-2H3. The predicted molar refractivity (Wildman–Crippen MR) is 131 cm³/mol. The van der Waals surface area contributed by atoms with Crippen molar-refractivity contribution in [2.75, 3.05) is 16.8 Å². The first-order chi connectivity index (χ1) is 15.2. The number of benzene rings is 2. The zero-order valence-electron chi connectivity index (χ0n) is 20.3. The number of halogens is 4. The summed E-state index contributed by atoms with van der Waals surface area (Å²) >= 11 is 6.25. The number of fused-ring (bicyclic) bond motifs is 1. The number of alkyl halides is 3. The number of anilines is 2. The second-order valence-electron chi connectivity index (χ2n) is 9.78. The molecule has 182 valence electrons. The number of carbonyl (C=O) groups is 1. The van der Waals surface area contributed by atoms with Gasteiger partial charge in [-0.05, 0) is 42.0 Å². The Hall–Kier alpha value is -2.21. The molecule has 0 unspecified atom stereocenters. The largest absolute Gasteiger partial charge is 0.418 e. The fourth-order valence-corrected chi connectivity index (χ4v) is 3.95. The fourth-order valence-electron chi connectivity index (χ4n) is 3.69. The van der Waals surface area contributed by atoms with Crippen molar-refractivity contribution >= 4 is 28.9 Å². The average Bonchev–Trinajstić information content (AvgIpc) is 2.67. The molecule has 0 saturated carbocycles. The molecule has 0 spiro atoms. The summed E-state index contributed by atoms with van der Waals surface area (Å²) in [6.45, 7) is 12.9. The molecule has 1 N–H and O–H groups in total. The monoisotopic (exact) mass is 482 g/mol. The lowest BCUT2D eigenvalue weighted by Gasteiger charge is -2.32. The van der Waals surface area contributed by atoms with Crippen molar-refractivity contribution in [3.8, 4) is 0 Å². The smallest absolute Gasteiger partial charge is 0.367 e. The second kappa shape index (κ2) is 10.8. The van der Waals surface area contributed by atoms with Gasteiger partial charge in [0.15, 0.2) is 0 Å². The van der Waals surface area contributed by atoms with Crippen molar-refractivity contribution in [3.05, 3.63) is 57.6 Å². The van der Waals surface area contributed by atoms with E-state index >= 15 is 0 Å². The third-order valence-electron chi connectivity index (χ3n) is 5.07. The van der Waals surface area contributed by atoms with Crippen LogP contribution in [0, 0.1) is 12.3 Å². The average molecular weight is 483 g/mol. The third kappa shape index (κ3) is 7.66. The summed E-state index contributed by atoms with van der Waals surface area (Å²) in [7, 11) is 0. The van der Waals surface area contributed by atoms with E-state index in [0.29, 0.717) is 18.8 Å². The van der Waals surface area contributed by atoms with Crippen molar-refractivity contribution in [2.45, 2.75) is 73.5 Å². The first-order valence-electron chi connectivity index (χ1n) is 11.3. The van der Waals surface area contributed by atoms with E-state index in [1.807, 2.05) is 44.7 Å². The molecule has 0 fully saturated rings. The van der Waals surface area contributed by atoms with Crippen LogP contribution >= 0.6 is 11.6 Å². The Kier molecular flexibility index (Phi) is 8.86. The highest BCUT2D eigenvalue weighted by molar-refractivity contribution is 6.34. The molecule has 0 aromatic heterocycles. The molecule has 3 rings (SSSR count). The van der Waals surface area contributed by atoms with E-state index in [-0.39, 0.29) is 22.5 Å². The molecule has 1 amide bonds. The Balaban J connectivity index is 0.00000122. The molecule has 0 aliphatic carbocycles. The highest BCUT2D eigenvalue weighted by Crippen LogP contribution is 2.42. The van der Waals surface area contributed by atoms with Gasteiger partial charge in [0, 0.05) is 25.2 Å². The van der Waals surface area contributed by atoms with Gasteiger partial charge >= 0.3 is 6.18 Å². The minimum atomic E-state index is -4.64. The summed E-state index contributed by atoms with van der Waals surface area (Å²) in [5.74, 6) is -0.495. The Morgan fingerprint density at radius 1 is 1.09 bits per heavy atom. The molecule has 0 radical (unpaired) electrons. The van der Waals surface area contributed by atoms with Crippen molar-refractivity contribution in [1.29, 1.82) is 0 Å². The minimum absolute atomic E-state index is 0.0880. The number of nitrogens with one attached hydrogen (secondary N) is 1. The summed E-state index contributed by atoms with van der Waals surface area (Å²) in [6, 6.07) is 8.73. The van der Waals surface area contributed by atoms with Crippen LogP contribution in [0.1, 0.15) is 69.7 Å². The number of hydrogen-bond acceptors (Lipinski definition) is 2. The van der Waals surface area contributed by atoms with E-state index in [4.69, 9.17) is 11.6 Å². The lowest BCUT2D eigenvalue weighted by atomic mass is 9.92. The first kappa shape index (κ1) is 27.0. The lowest BCUT2D eigenvalue weighted by Crippen LogP contribution is -2.31. The number of amides is 1. The zero-order chi connectivity index (χ0) is 25.0. The van der Waals surface area contributed by atoms with Crippen molar-refractivity contribution in [1.82, 2.24) is 0 Å². The molecule has 0 bridgehead atoms. The van der Waals surface area contributed by atoms with Gasteiger partial charge in [0.25, 0.3) is 0 Å². The van der Waals surface area contributed by atoms with Gasteiger partial charge in [0.1, 0.15) is 0 Å². The van der Waals surface area contributed by atoms with Crippen LogP contribution < -0.4 is 10.2 Å². The molecular weight excluding hydrogens is 449 g/mol. The van der Waals surface area contributed by atoms with Crippen LogP contribution in [-0.2, 0) is 23.9 Å². The van der Waals surface area contributed by atoms with E-state index in [9.17, 15) is 18.0 Å². The number of aryl methyl sites for hydroxylation is 1. The quantitative estimate of drug-likeness (QED) is 0.480. The lowest BCUT2D eigenvalue weighted by molar-refractivity contribution is -0.136. The molecule has 3 nitrogen and oxygen atoms in total. The van der Waals surface area contributed by atoms with Crippen molar-refractivity contribution in [2.24, 2.45) is 5.41 Å². The van der Waals surface area contributed by atoms with Crippen LogP contribution in [0.2, 0.25) is 5.02 Å². The van der Waals surface area contributed by atoms with Crippen LogP contribution in [0.15, 0.2) is 30.3 Å². The summed E-state index contributed by atoms with van der Waals surface area (Å²) in [6.07, 6.45) is -2.56. The summed E-state index contributed by atoms with van der Waals surface area (Å²) in [4.78, 5) is 14.2. The Morgan fingerprint density at radius 2 is 1.73 bits per heavy atom. The Labute approximate surface area is 200 Å². The maximum absolute atomic E-state index is 13.8. The summed E-state index contributed by atoms with van der Waals surface area (Å²) in [5.41, 5.74) is 2.22. The van der Waals surface area contributed by atoms with Gasteiger partial charge in [-0.3, -0.25) is 4.79 Å². The van der Waals surface area contributed by atoms with E-state index in [2.05, 4.69) is 25.2 Å². The second-order valence-corrected chi connectivity index (χ2v) is 10.2. The normalized spacial score (nSPS) is 13.7. The number of carbonyl (C=O) groups excluding carboxylic acids is 1. The van der Waals surface area contributed by atoms with Crippen molar-refractivity contribution < 1.29 is 18.0 Å². The van der Waals surface area contributed by atoms with Crippen LogP contribution in [-0.4, -0.2) is 12.5 Å². The van der Waals surface area contributed by atoms with Crippen LogP contribution in [0.5, 0.6) is 0 Å². The van der Waals surface area contributed by atoms with Gasteiger partial charge in [0.05, 0.1) is 16.3 Å². The van der Waals surface area contributed by atoms with Crippen LogP contribution in [0.4, 0.5) is 24.5 Å².